The van der Waals surface area contributed by atoms with Gasteiger partial charge in [0.25, 0.3) is 0 Å². The van der Waals surface area contributed by atoms with Gasteiger partial charge in [0.2, 0.25) is 0 Å². The summed E-state index contributed by atoms with van der Waals surface area (Å²) in [5.41, 5.74) is 1.99. The summed E-state index contributed by atoms with van der Waals surface area (Å²) in [4.78, 5) is 24.0. The van der Waals surface area contributed by atoms with Crippen molar-refractivity contribution in [2.75, 3.05) is 7.11 Å². The lowest BCUT2D eigenvalue weighted by Crippen LogP contribution is -2.06. The minimum Gasteiger partial charge on any atom is -0.496 e. The van der Waals surface area contributed by atoms with Gasteiger partial charge in [-0.05, 0) is 24.6 Å². The number of aromatic nitrogens is 2. The predicted molar refractivity (Wildman–Crippen MR) is 77.7 cm³/mol. The molecule has 0 aliphatic heterocycles. The number of hydrogen-bond acceptors (Lipinski definition) is 5. The third-order valence-electron chi connectivity index (χ3n) is 3.22. The fourth-order valence-corrected chi connectivity index (χ4v) is 1.96. The third-order valence-corrected chi connectivity index (χ3v) is 3.22. The van der Waals surface area contributed by atoms with Crippen molar-refractivity contribution in [3.63, 3.8) is 0 Å². The molecule has 5 heteroatoms. The van der Waals surface area contributed by atoms with E-state index >= 15 is 0 Å². The minimum atomic E-state index is -0.114. The third kappa shape index (κ3) is 3.72. The lowest BCUT2D eigenvalue weighted by Gasteiger charge is -2.07. The fraction of sp³-hybridized carbons (Fsp3) is 0.250. The van der Waals surface area contributed by atoms with Crippen molar-refractivity contribution >= 4 is 11.6 Å². The molecule has 0 fully saturated rings. The van der Waals surface area contributed by atoms with Crippen molar-refractivity contribution in [3.05, 3.63) is 53.3 Å². The molecule has 1 aromatic heterocycles. The van der Waals surface area contributed by atoms with E-state index in [1.807, 2.05) is 13.0 Å². The first kappa shape index (κ1) is 14.8. The Morgan fingerprint density at radius 2 is 1.76 bits per heavy atom. The van der Waals surface area contributed by atoms with Crippen LogP contribution in [0.1, 0.15) is 39.1 Å². The second-order valence-corrected chi connectivity index (χ2v) is 4.66. The van der Waals surface area contributed by atoms with Gasteiger partial charge in [-0.1, -0.05) is 12.1 Å². The van der Waals surface area contributed by atoms with Crippen molar-refractivity contribution in [2.45, 2.75) is 19.8 Å². The van der Waals surface area contributed by atoms with Crippen molar-refractivity contribution in [3.8, 4) is 5.75 Å². The Morgan fingerprint density at radius 1 is 1.05 bits per heavy atom. The number of carbonyl (C=O) groups excluding carboxylic acids is 2. The second kappa shape index (κ2) is 6.74. The zero-order chi connectivity index (χ0) is 15.2. The monoisotopic (exact) mass is 284 g/mol. The van der Waals surface area contributed by atoms with Gasteiger partial charge in [-0.25, -0.2) is 0 Å². The highest BCUT2D eigenvalue weighted by Crippen LogP contribution is 2.20. The number of Topliss-reactive ketones (excluding diaryl/α,β-unsaturated/α-hetero) is 2. The smallest absolute Gasteiger partial charge is 0.164 e. The fourth-order valence-electron chi connectivity index (χ4n) is 1.96. The molecule has 2 rings (SSSR count). The molecule has 0 N–H and O–H groups in total. The van der Waals surface area contributed by atoms with E-state index in [9.17, 15) is 9.59 Å². The molecule has 108 valence electrons. The Kier molecular flexibility index (Phi) is 4.77. The number of nitrogens with zero attached hydrogens (tertiary/aromatic N) is 2. The Labute approximate surface area is 123 Å². The maximum absolute atomic E-state index is 12.1. The van der Waals surface area contributed by atoms with Crippen LogP contribution in [0.4, 0.5) is 0 Å². The van der Waals surface area contributed by atoms with Crippen LogP contribution < -0.4 is 4.74 Å². The lowest BCUT2D eigenvalue weighted by atomic mass is 10.0. The zero-order valence-electron chi connectivity index (χ0n) is 12.0. The molecule has 0 bridgehead atoms. The molecular formula is C16H16N2O3. The first-order chi connectivity index (χ1) is 10.1. The van der Waals surface area contributed by atoms with Gasteiger partial charge >= 0.3 is 0 Å². The summed E-state index contributed by atoms with van der Waals surface area (Å²) in [5.74, 6) is 0.478. The van der Waals surface area contributed by atoms with Gasteiger partial charge in [-0.2, -0.15) is 10.2 Å². The van der Waals surface area contributed by atoms with E-state index in [0.717, 1.165) is 5.56 Å². The maximum Gasteiger partial charge on any atom is 0.164 e. The zero-order valence-corrected chi connectivity index (χ0v) is 12.0. The van der Waals surface area contributed by atoms with Gasteiger partial charge < -0.3 is 4.74 Å². The normalized spacial score (nSPS) is 10.2. The summed E-state index contributed by atoms with van der Waals surface area (Å²) in [5, 5.41) is 7.27. The number of aryl methyl sites for hydroxylation is 1. The average Bonchev–Trinajstić information content (AvgIpc) is 2.53. The number of hydrogen-bond donors (Lipinski definition) is 0. The second-order valence-electron chi connectivity index (χ2n) is 4.66. The molecule has 0 aliphatic rings. The van der Waals surface area contributed by atoms with E-state index in [-0.39, 0.29) is 24.4 Å². The molecule has 0 aliphatic carbocycles. The summed E-state index contributed by atoms with van der Waals surface area (Å²) < 4.78 is 5.20. The molecule has 1 aromatic carbocycles. The topological polar surface area (TPSA) is 69.2 Å². The van der Waals surface area contributed by atoms with E-state index in [0.29, 0.717) is 16.9 Å². The molecule has 5 nitrogen and oxygen atoms in total. The van der Waals surface area contributed by atoms with E-state index in [1.165, 1.54) is 12.4 Å². The van der Waals surface area contributed by atoms with Crippen LogP contribution in [0.15, 0.2) is 36.7 Å². The van der Waals surface area contributed by atoms with Crippen molar-refractivity contribution in [1.29, 1.82) is 0 Å². The summed E-state index contributed by atoms with van der Waals surface area (Å²) >= 11 is 0. The summed E-state index contributed by atoms with van der Waals surface area (Å²) in [6.45, 7) is 1.91. The van der Waals surface area contributed by atoms with E-state index in [1.54, 1.807) is 25.3 Å². The first-order valence-corrected chi connectivity index (χ1v) is 6.59. The molecule has 0 saturated heterocycles. The van der Waals surface area contributed by atoms with Gasteiger partial charge in [-0.15, -0.1) is 0 Å². The molecule has 0 amide bonds. The van der Waals surface area contributed by atoms with Crippen LogP contribution in [0.3, 0.4) is 0 Å². The number of benzene rings is 1. The van der Waals surface area contributed by atoms with Gasteiger partial charge in [0, 0.05) is 24.0 Å². The first-order valence-electron chi connectivity index (χ1n) is 6.59. The number of carbonyl (C=O) groups is 2. The average molecular weight is 284 g/mol. The van der Waals surface area contributed by atoms with Gasteiger partial charge in [0.15, 0.2) is 11.6 Å². The number of rotatable bonds is 6. The molecule has 1 heterocycles. The highest BCUT2D eigenvalue weighted by atomic mass is 16.5. The number of ketones is 2. The summed E-state index contributed by atoms with van der Waals surface area (Å²) in [6, 6.07) is 6.88. The number of methoxy groups -OCH3 is 1. The molecule has 0 atom stereocenters. The van der Waals surface area contributed by atoms with Crippen LogP contribution in [-0.4, -0.2) is 28.9 Å². The van der Waals surface area contributed by atoms with Crippen molar-refractivity contribution in [1.82, 2.24) is 10.2 Å². The molecular weight excluding hydrogens is 268 g/mol. The standard InChI is InChI=1S/C16H16N2O3/c1-11-3-4-12(9-16(11)21-2)14(19)5-6-15(20)13-7-8-17-18-10-13/h3-4,7-10H,5-6H2,1-2H3. The van der Waals surface area contributed by atoms with Crippen LogP contribution in [-0.2, 0) is 0 Å². The highest BCUT2D eigenvalue weighted by molar-refractivity contribution is 6.02. The van der Waals surface area contributed by atoms with Gasteiger partial charge in [-0.3, -0.25) is 9.59 Å². The van der Waals surface area contributed by atoms with Crippen LogP contribution in [0.2, 0.25) is 0 Å². The molecule has 0 radical (unpaired) electrons. The Balaban J connectivity index is 2.00. The van der Waals surface area contributed by atoms with Gasteiger partial charge in [0.1, 0.15) is 5.75 Å². The predicted octanol–water partition coefficient (Wildman–Crippen LogP) is 2.64. The van der Waals surface area contributed by atoms with Crippen LogP contribution in [0, 0.1) is 6.92 Å². The van der Waals surface area contributed by atoms with Crippen LogP contribution >= 0.6 is 0 Å². The maximum atomic E-state index is 12.1. The summed E-state index contributed by atoms with van der Waals surface area (Å²) in [6.07, 6.45) is 3.18. The molecule has 0 spiro atoms. The molecule has 0 saturated carbocycles. The van der Waals surface area contributed by atoms with E-state index in [2.05, 4.69) is 10.2 Å². The number of ether oxygens (including phenoxy) is 1. The SMILES string of the molecule is COc1cc(C(=O)CCC(=O)c2ccnnc2)ccc1C. The van der Waals surface area contributed by atoms with Crippen molar-refractivity contribution < 1.29 is 14.3 Å². The highest BCUT2D eigenvalue weighted by Gasteiger charge is 2.12. The van der Waals surface area contributed by atoms with Crippen LogP contribution in [0.5, 0.6) is 5.75 Å². The summed E-state index contributed by atoms with van der Waals surface area (Å²) in [7, 11) is 1.57. The lowest BCUT2D eigenvalue weighted by molar-refractivity contribution is 0.0917. The quantitative estimate of drug-likeness (QED) is 0.763. The molecule has 0 unspecified atom stereocenters. The molecule has 21 heavy (non-hydrogen) atoms. The molecule has 2 aromatic rings. The van der Waals surface area contributed by atoms with Crippen LogP contribution in [0.25, 0.3) is 0 Å². The van der Waals surface area contributed by atoms with E-state index in [4.69, 9.17) is 4.74 Å². The Bertz CT molecular complexity index is 654. The van der Waals surface area contributed by atoms with E-state index < -0.39 is 0 Å². The minimum absolute atomic E-state index is 0.0799. The Morgan fingerprint density at radius 3 is 2.38 bits per heavy atom. The largest absolute Gasteiger partial charge is 0.496 e. The van der Waals surface area contributed by atoms with Crippen molar-refractivity contribution in [2.24, 2.45) is 0 Å². The van der Waals surface area contributed by atoms with Gasteiger partial charge in [0.05, 0.1) is 19.5 Å². The Hall–Kier alpha value is -2.56.